The Hall–Kier alpha value is -2.11. The first kappa shape index (κ1) is 15.3. The highest BCUT2D eigenvalue weighted by atomic mass is 16.4. The summed E-state index contributed by atoms with van der Waals surface area (Å²) < 4.78 is 0. The van der Waals surface area contributed by atoms with Gasteiger partial charge in [-0.25, -0.2) is 9.59 Å². The number of amides is 2. The van der Waals surface area contributed by atoms with Crippen LogP contribution in [0.1, 0.15) is 37.3 Å². The molecule has 1 unspecified atom stereocenters. The molecule has 1 atom stereocenters. The molecule has 2 amide bonds. The van der Waals surface area contributed by atoms with E-state index in [-0.39, 0.29) is 6.03 Å². The van der Waals surface area contributed by atoms with Gasteiger partial charge >= 0.3 is 12.0 Å². The van der Waals surface area contributed by atoms with Crippen LogP contribution in [-0.2, 0) is 11.3 Å². The van der Waals surface area contributed by atoms with E-state index in [9.17, 15) is 14.7 Å². The van der Waals surface area contributed by atoms with Crippen LogP contribution < -0.4 is 5.32 Å². The quantitative estimate of drug-likeness (QED) is 0.888. The van der Waals surface area contributed by atoms with E-state index >= 15 is 0 Å². The summed E-state index contributed by atoms with van der Waals surface area (Å²) in [4.78, 5) is 29.4. The zero-order valence-electron chi connectivity index (χ0n) is 12.4. The van der Waals surface area contributed by atoms with Gasteiger partial charge in [0.25, 0.3) is 0 Å². The second-order valence-electron chi connectivity index (χ2n) is 5.41. The van der Waals surface area contributed by atoms with Crippen molar-refractivity contribution in [3.8, 4) is 0 Å². The lowest BCUT2D eigenvalue weighted by Crippen LogP contribution is -2.55. The number of hydrogen-bond acceptors (Lipinski definition) is 3. The molecular formula is C15H21N3O3. The van der Waals surface area contributed by atoms with Crippen molar-refractivity contribution in [3.05, 3.63) is 29.6 Å². The predicted octanol–water partition coefficient (Wildman–Crippen LogP) is 1.93. The third-order valence-electron chi connectivity index (χ3n) is 4.28. The molecule has 1 fully saturated rings. The molecule has 0 spiro atoms. The molecule has 1 saturated heterocycles. The second kappa shape index (κ2) is 6.11. The average molecular weight is 291 g/mol. The average Bonchev–Trinajstić information content (AvgIpc) is 2.91. The summed E-state index contributed by atoms with van der Waals surface area (Å²) in [5.74, 6) is -0.919. The minimum atomic E-state index is -1.06. The second-order valence-corrected chi connectivity index (χ2v) is 5.41. The Morgan fingerprint density at radius 1 is 1.52 bits per heavy atom. The lowest BCUT2D eigenvalue weighted by Gasteiger charge is -2.33. The number of carboxylic acid groups (broad SMARTS) is 1. The first-order chi connectivity index (χ1) is 10.0. The number of aliphatic carboxylic acids is 1. The maximum Gasteiger partial charge on any atom is 0.329 e. The number of likely N-dealkylation sites (tertiary alicyclic amines) is 1. The number of hydrogen-bond donors (Lipinski definition) is 2. The van der Waals surface area contributed by atoms with Crippen molar-refractivity contribution in [3.63, 3.8) is 0 Å². The lowest BCUT2D eigenvalue weighted by atomic mass is 9.93. The van der Waals surface area contributed by atoms with Gasteiger partial charge in [0.2, 0.25) is 0 Å². The van der Waals surface area contributed by atoms with E-state index in [4.69, 9.17) is 0 Å². The van der Waals surface area contributed by atoms with Crippen molar-refractivity contribution in [1.29, 1.82) is 0 Å². The molecule has 6 nitrogen and oxygen atoms in total. The van der Waals surface area contributed by atoms with Crippen molar-refractivity contribution in [2.75, 3.05) is 6.54 Å². The Morgan fingerprint density at radius 2 is 2.29 bits per heavy atom. The minimum absolute atomic E-state index is 0.312. The Morgan fingerprint density at radius 3 is 2.90 bits per heavy atom. The summed E-state index contributed by atoms with van der Waals surface area (Å²) in [7, 11) is 0. The van der Waals surface area contributed by atoms with Gasteiger partial charge in [0, 0.05) is 25.5 Å². The minimum Gasteiger partial charge on any atom is -0.479 e. The van der Waals surface area contributed by atoms with Crippen molar-refractivity contribution in [1.82, 2.24) is 15.2 Å². The number of aryl methyl sites for hydroxylation is 1. The molecule has 2 N–H and O–H groups in total. The van der Waals surface area contributed by atoms with E-state index in [2.05, 4.69) is 10.3 Å². The Labute approximate surface area is 124 Å². The van der Waals surface area contributed by atoms with Gasteiger partial charge in [-0.2, -0.15) is 0 Å². The van der Waals surface area contributed by atoms with E-state index in [1.807, 2.05) is 19.9 Å². The summed E-state index contributed by atoms with van der Waals surface area (Å²) >= 11 is 0. The predicted molar refractivity (Wildman–Crippen MR) is 77.8 cm³/mol. The molecule has 1 aromatic rings. The Kier molecular flexibility index (Phi) is 4.45. The van der Waals surface area contributed by atoms with Crippen LogP contribution in [0.25, 0.3) is 0 Å². The summed E-state index contributed by atoms with van der Waals surface area (Å²) in [5, 5.41) is 12.3. The summed E-state index contributed by atoms with van der Waals surface area (Å²) in [5.41, 5.74) is 0.923. The molecule has 0 aliphatic carbocycles. The molecule has 0 bridgehead atoms. The van der Waals surface area contributed by atoms with Crippen LogP contribution in [0, 0.1) is 6.92 Å². The first-order valence-electron chi connectivity index (χ1n) is 7.19. The third kappa shape index (κ3) is 2.84. The maximum absolute atomic E-state index is 12.3. The molecule has 0 aromatic carbocycles. The van der Waals surface area contributed by atoms with Gasteiger partial charge in [-0.05, 0) is 43.4 Å². The molecule has 1 aromatic heterocycles. The van der Waals surface area contributed by atoms with E-state index in [0.29, 0.717) is 25.9 Å². The van der Waals surface area contributed by atoms with Gasteiger partial charge in [0.15, 0.2) is 0 Å². The number of nitrogens with one attached hydrogen (secondary N) is 1. The van der Waals surface area contributed by atoms with Gasteiger partial charge < -0.3 is 15.3 Å². The van der Waals surface area contributed by atoms with Crippen LogP contribution in [0.3, 0.4) is 0 Å². The Bertz CT molecular complexity index is 547. The van der Waals surface area contributed by atoms with Crippen LogP contribution in [0.4, 0.5) is 4.79 Å². The number of aromatic nitrogens is 1. The highest BCUT2D eigenvalue weighted by Gasteiger charge is 2.48. The number of carboxylic acids is 1. The molecular weight excluding hydrogens is 270 g/mol. The van der Waals surface area contributed by atoms with E-state index in [0.717, 1.165) is 17.5 Å². The molecule has 0 saturated carbocycles. The van der Waals surface area contributed by atoms with Crippen LogP contribution in [0.2, 0.25) is 0 Å². The molecule has 1 aliphatic rings. The zero-order chi connectivity index (χ0) is 15.5. The SMILES string of the molecule is CCC1(C(=O)O)CCCN1C(=O)NCc1ccncc1C. The van der Waals surface area contributed by atoms with E-state index in [1.165, 1.54) is 4.90 Å². The molecule has 2 rings (SSSR count). The van der Waals surface area contributed by atoms with E-state index < -0.39 is 11.5 Å². The number of carbonyl (C=O) groups excluding carboxylic acids is 1. The normalized spacial score (nSPS) is 21.3. The Balaban J connectivity index is 2.06. The number of rotatable bonds is 4. The standard InChI is InChI=1S/C15H21N3O3/c1-3-15(13(19)20)6-4-8-18(15)14(21)17-10-12-5-7-16-9-11(12)2/h5,7,9H,3-4,6,8,10H2,1-2H3,(H,17,21)(H,19,20). The summed E-state index contributed by atoms with van der Waals surface area (Å²) in [6, 6.07) is 1.54. The van der Waals surface area contributed by atoms with Gasteiger partial charge in [0.1, 0.15) is 5.54 Å². The van der Waals surface area contributed by atoms with Crippen LogP contribution in [-0.4, -0.2) is 39.1 Å². The fourth-order valence-corrected chi connectivity index (χ4v) is 2.88. The zero-order valence-corrected chi connectivity index (χ0v) is 12.4. The number of urea groups is 1. The number of carbonyl (C=O) groups is 2. The molecule has 1 aliphatic heterocycles. The molecule has 21 heavy (non-hydrogen) atoms. The summed E-state index contributed by atoms with van der Waals surface area (Å²) in [6.45, 7) is 4.61. The monoisotopic (exact) mass is 291 g/mol. The van der Waals surface area contributed by atoms with Gasteiger partial charge in [0.05, 0.1) is 0 Å². The number of nitrogens with zero attached hydrogens (tertiary/aromatic N) is 2. The van der Waals surface area contributed by atoms with Crippen LogP contribution >= 0.6 is 0 Å². The third-order valence-corrected chi connectivity index (χ3v) is 4.28. The van der Waals surface area contributed by atoms with Crippen LogP contribution in [0.5, 0.6) is 0 Å². The largest absolute Gasteiger partial charge is 0.479 e. The smallest absolute Gasteiger partial charge is 0.329 e. The lowest BCUT2D eigenvalue weighted by molar-refractivity contribution is -0.148. The van der Waals surface area contributed by atoms with Gasteiger partial charge in [-0.1, -0.05) is 6.92 Å². The van der Waals surface area contributed by atoms with Crippen molar-refractivity contribution in [2.45, 2.75) is 45.2 Å². The van der Waals surface area contributed by atoms with Gasteiger partial charge in [-0.15, -0.1) is 0 Å². The highest BCUT2D eigenvalue weighted by molar-refractivity contribution is 5.87. The van der Waals surface area contributed by atoms with Gasteiger partial charge in [-0.3, -0.25) is 4.98 Å². The fraction of sp³-hybridized carbons (Fsp3) is 0.533. The number of pyridine rings is 1. The molecule has 114 valence electrons. The van der Waals surface area contributed by atoms with Crippen molar-refractivity contribution in [2.24, 2.45) is 0 Å². The molecule has 6 heteroatoms. The first-order valence-corrected chi connectivity index (χ1v) is 7.19. The topological polar surface area (TPSA) is 82.5 Å². The van der Waals surface area contributed by atoms with Crippen LogP contribution in [0.15, 0.2) is 18.5 Å². The van der Waals surface area contributed by atoms with E-state index in [1.54, 1.807) is 12.4 Å². The van der Waals surface area contributed by atoms with Crippen molar-refractivity contribution >= 4 is 12.0 Å². The fourth-order valence-electron chi connectivity index (χ4n) is 2.88. The molecule has 0 radical (unpaired) electrons. The summed E-state index contributed by atoms with van der Waals surface area (Å²) in [6.07, 6.45) is 5.08. The maximum atomic E-state index is 12.3. The molecule has 2 heterocycles. The highest BCUT2D eigenvalue weighted by Crippen LogP contribution is 2.32. The van der Waals surface area contributed by atoms with Crippen molar-refractivity contribution < 1.29 is 14.7 Å².